The van der Waals surface area contributed by atoms with Crippen molar-refractivity contribution in [1.82, 2.24) is 0 Å². The molecule has 1 aliphatic carbocycles. The summed E-state index contributed by atoms with van der Waals surface area (Å²) < 4.78 is 5.08. The Labute approximate surface area is 113 Å². The second-order valence-corrected chi connectivity index (χ2v) is 4.37. The lowest BCUT2D eigenvalue weighted by atomic mass is 10.1. The Morgan fingerprint density at radius 3 is 2.42 bits per heavy atom. The highest BCUT2D eigenvalue weighted by molar-refractivity contribution is 6.01. The van der Waals surface area contributed by atoms with Gasteiger partial charge in [0, 0.05) is 24.1 Å². The zero-order valence-electron chi connectivity index (χ0n) is 11.0. The predicted octanol–water partition coefficient (Wildman–Crippen LogP) is 1.36. The van der Waals surface area contributed by atoms with Crippen molar-refractivity contribution in [3.63, 3.8) is 0 Å². The van der Waals surface area contributed by atoms with Crippen LogP contribution in [-0.2, 0) is 10.8 Å². The van der Waals surface area contributed by atoms with E-state index in [1.807, 2.05) is 54.6 Å². The average Bonchev–Trinajstić information content (AvgIpc) is 2.47. The van der Waals surface area contributed by atoms with Gasteiger partial charge in [0.2, 0.25) is 0 Å². The summed E-state index contributed by atoms with van der Waals surface area (Å²) in [6.45, 7) is 0.538. The number of nitrogens with one attached hydrogen (secondary N) is 1. The van der Waals surface area contributed by atoms with E-state index in [9.17, 15) is 5.21 Å². The van der Waals surface area contributed by atoms with Gasteiger partial charge in [-0.25, -0.2) is 0 Å². The van der Waals surface area contributed by atoms with Gasteiger partial charge in [0.25, 0.3) is 7.11 Å². The number of rotatable bonds is 4. The lowest BCUT2D eigenvalue weighted by molar-refractivity contribution is -0.791. The molecule has 0 saturated heterocycles. The normalized spacial score (nSPS) is 15.5. The Kier molecular flexibility index (Phi) is 4.84. The molecule has 1 aromatic rings. The summed E-state index contributed by atoms with van der Waals surface area (Å²) in [4.78, 5) is 0. The van der Waals surface area contributed by atoms with Crippen LogP contribution in [0.5, 0.6) is 0 Å². The van der Waals surface area contributed by atoms with E-state index in [4.69, 9.17) is 4.42 Å². The Morgan fingerprint density at radius 1 is 1.11 bits per heavy atom. The van der Waals surface area contributed by atoms with Crippen molar-refractivity contribution in [3.05, 3.63) is 77.2 Å². The Hall–Kier alpha value is -1.97. The summed E-state index contributed by atoms with van der Waals surface area (Å²) >= 11 is 0. The minimum atomic E-state index is 0.147. The van der Waals surface area contributed by atoms with E-state index in [2.05, 4.69) is 0 Å². The van der Waals surface area contributed by atoms with E-state index < -0.39 is 0 Å². The molecule has 0 heterocycles. The fourth-order valence-corrected chi connectivity index (χ4v) is 1.87. The van der Waals surface area contributed by atoms with Crippen molar-refractivity contribution >= 4 is 5.78 Å². The molecule has 2 rings (SSSR count). The van der Waals surface area contributed by atoms with Crippen LogP contribution >= 0.6 is 0 Å². The standard InChI is InChI=1S/C16H18NO2/c1-19-16-9-7-15(8-10-16)13-17(18)12-11-14-5-3-2-4-6-14/h2-10,13,17H,11-12H2,1H3/q+1. The number of quaternary nitrogens is 1. The summed E-state index contributed by atoms with van der Waals surface area (Å²) in [6, 6.07) is 10.1. The SMILES string of the molecule is C[O+]=C1C=CC(=C[NH+]([O-])CCc2ccccc2)C=C1. The van der Waals surface area contributed by atoms with Crippen LogP contribution in [0.4, 0.5) is 0 Å². The third-order valence-corrected chi connectivity index (χ3v) is 2.95. The van der Waals surface area contributed by atoms with Crippen LogP contribution in [0.25, 0.3) is 0 Å². The molecule has 0 aliphatic heterocycles. The molecule has 0 aromatic heterocycles. The van der Waals surface area contributed by atoms with Gasteiger partial charge in [0.1, 0.15) is 6.20 Å². The highest BCUT2D eigenvalue weighted by Crippen LogP contribution is 2.04. The smallest absolute Gasteiger partial charge is 0.343 e. The summed E-state index contributed by atoms with van der Waals surface area (Å²) in [5.74, 6) is 0.800. The highest BCUT2D eigenvalue weighted by Gasteiger charge is 2.06. The van der Waals surface area contributed by atoms with Crippen molar-refractivity contribution in [2.24, 2.45) is 0 Å². The van der Waals surface area contributed by atoms with Gasteiger partial charge in [-0.1, -0.05) is 30.3 Å². The van der Waals surface area contributed by atoms with Crippen molar-refractivity contribution < 1.29 is 9.49 Å². The van der Waals surface area contributed by atoms with Crippen molar-refractivity contribution in [2.75, 3.05) is 13.7 Å². The molecular formula is C16H18NO2+. The summed E-state index contributed by atoms with van der Waals surface area (Å²) in [6.07, 6.45) is 9.96. The molecule has 1 atom stereocenters. The Balaban J connectivity index is 1.88. The first-order chi connectivity index (χ1) is 9.28. The largest absolute Gasteiger partial charge is 0.629 e. The van der Waals surface area contributed by atoms with Crippen LogP contribution in [0.2, 0.25) is 0 Å². The molecule has 0 spiro atoms. The van der Waals surface area contributed by atoms with E-state index in [0.29, 0.717) is 6.54 Å². The molecule has 98 valence electrons. The highest BCUT2D eigenvalue weighted by atomic mass is 16.5. The number of hydroxylamine groups is 2. The first-order valence-electron chi connectivity index (χ1n) is 6.33. The molecule has 0 bridgehead atoms. The van der Waals surface area contributed by atoms with E-state index in [-0.39, 0.29) is 5.06 Å². The lowest BCUT2D eigenvalue weighted by Crippen LogP contribution is -3.02. The second-order valence-electron chi connectivity index (χ2n) is 4.37. The van der Waals surface area contributed by atoms with Crippen LogP contribution in [0.15, 0.2) is 66.4 Å². The third-order valence-electron chi connectivity index (χ3n) is 2.95. The van der Waals surface area contributed by atoms with Crippen LogP contribution < -0.4 is 5.06 Å². The molecule has 0 saturated carbocycles. The Morgan fingerprint density at radius 2 is 1.79 bits per heavy atom. The second kappa shape index (κ2) is 6.83. The maximum Gasteiger partial charge on any atom is 0.343 e. The number of benzene rings is 1. The van der Waals surface area contributed by atoms with Crippen LogP contribution in [0.1, 0.15) is 5.56 Å². The van der Waals surface area contributed by atoms with E-state index in [1.54, 1.807) is 13.3 Å². The van der Waals surface area contributed by atoms with Crippen molar-refractivity contribution in [3.8, 4) is 0 Å². The van der Waals surface area contributed by atoms with Crippen LogP contribution in [0, 0.1) is 5.21 Å². The molecule has 19 heavy (non-hydrogen) atoms. The number of hydrogen-bond donors (Lipinski definition) is 1. The predicted molar refractivity (Wildman–Crippen MR) is 76.6 cm³/mol. The van der Waals surface area contributed by atoms with Gasteiger partial charge in [-0.05, 0) is 17.7 Å². The molecule has 3 heteroatoms. The zero-order chi connectivity index (χ0) is 13.5. The molecule has 0 radical (unpaired) electrons. The first-order valence-corrected chi connectivity index (χ1v) is 6.33. The Bertz CT molecular complexity index is 509. The number of ketones is 1. The fraction of sp³-hybridized carbons (Fsp3) is 0.188. The molecule has 0 fully saturated rings. The summed E-state index contributed by atoms with van der Waals surface area (Å²) in [7, 11) is 1.63. The minimum absolute atomic E-state index is 0.147. The summed E-state index contributed by atoms with van der Waals surface area (Å²) in [5.41, 5.74) is 2.11. The zero-order valence-corrected chi connectivity index (χ0v) is 11.0. The van der Waals surface area contributed by atoms with Crippen LogP contribution in [-0.4, -0.2) is 19.4 Å². The molecule has 1 N–H and O–H groups in total. The third kappa shape index (κ3) is 4.32. The molecule has 0 amide bonds. The minimum Gasteiger partial charge on any atom is -0.629 e. The van der Waals surface area contributed by atoms with E-state index >= 15 is 0 Å². The van der Waals surface area contributed by atoms with Gasteiger partial charge < -0.3 is 10.3 Å². The van der Waals surface area contributed by atoms with Gasteiger partial charge in [-0.3, -0.25) is 4.42 Å². The lowest BCUT2D eigenvalue weighted by Gasteiger charge is -2.18. The van der Waals surface area contributed by atoms with E-state index in [1.165, 1.54) is 5.56 Å². The maximum atomic E-state index is 11.9. The topological polar surface area (TPSA) is 38.8 Å². The van der Waals surface area contributed by atoms with Gasteiger partial charge in [-0.2, -0.15) is 0 Å². The van der Waals surface area contributed by atoms with Crippen molar-refractivity contribution in [1.29, 1.82) is 0 Å². The molecule has 3 nitrogen and oxygen atoms in total. The van der Waals surface area contributed by atoms with Crippen LogP contribution in [0.3, 0.4) is 0 Å². The summed E-state index contributed by atoms with van der Waals surface area (Å²) in [5, 5.41) is 12.0. The van der Waals surface area contributed by atoms with Gasteiger partial charge in [0.15, 0.2) is 0 Å². The maximum absolute atomic E-state index is 11.9. The quantitative estimate of drug-likeness (QED) is 0.641. The molecule has 1 aromatic carbocycles. The average molecular weight is 256 g/mol. The van der Waals surface area contributed by atoms with Gasteiger partial charge in [0.05, 0.1) is 6.54 Å². The number of allylic oxidation sites excluding steroid dienone is 5. The van der Waals surface area contributed by atoms with Gasteiger partial charge >= 0.3 is 5.78 Å². The molecule has 1 unspecified atom stereocenters. The number of hydrogen-bond acceptors (Lipinski definition) is 1. The van der Waals surface area contributed by atoms with Gasteiger partial charge in [-0.15, -0.1) is 0 Å². The fourth-order valence-electron chi connectivity index (χ4n) is 1.87. The van der Waals surface area contributed by atoms with Crippen molar-refractivity contribution in [2.45, 2.75) is 6.42 Å². The monoisotopic (exact) mass is 256 g/mol. The van der Waals surface area contributed by atoms with E-state index in [0.717, 1.165) is 17.8 Å². The molecular weight excluding hydrogens is 238 g/mol. The number of carbonyl (C=O) groups excluding carboxylic acids is 1. The molecule has 1 aliphatic rings. The first kappa shape index (κ1) is 13.5.